The fraction of sp³-hybridized carbons (Fsp3) is 0.900. The Balaban J connectivity index is 3.58. The average molecular weight is 200 g/mol. The van der Waals surface area contributed by atoms with Crippen molar-refractivity contribution in [1.29, 1.82) is 5.26 Å². The first kappa shape index (κ1) is 12.8. The molecule has 0 aliphatic heterocycles. The van der Waals surface area contributed by atoms with Gasteiger partial charge >= 0.3 is 0 Å². The lowest BCUT2D eigenvalue weighted by Gasteiger charge is -2.20. The minimum absolute atomic E-state index is 0.343. The molecule has 0 radical (unpaired) electrons. The zero-order chi connectivity index (χ0) is 10.3. The van der Waals surface area contributed by atoms with E-state index in [1.54, 1.807) is 0 Å². The number of nitrogens with zero attached hydrogens (tertiary/aromatic N) is 1. The summed E-state index contributed by atoms with van der Waals surface area (Å²) in [6.07, 6.45) is 0.914. The predicted octanol–water partition coefficient (Wildman–Crippen LogP) is 2.27. The van der Waals surface area contributed by atoms with Crippen LogP contribution in [-0.4, -0.2) is 24.1 Å². The van der Waals surface area contributed by atoms with Gasteiger partial charge in [-0.15, -0.1) is 0 Å². The lowest BCUT2D eigenvalue weighted by molar-refractivity contribution is 0.479. The van der Waals surface area contributed by atoms with Gasteiger partial charge in [-0.1, -0.05) is 13.8 Å². The lowest BCUT2D eigenvalue weighted by atomic mass is 10.0. The van der Waals surface area contributed by atoms with Crippen LogP contribution in [0.1, 0.15) is 27.2 Å². The Morgan fingerprint density at radius 1 is 1.54 bits per heavy atom. The molecule has 0 fully saturated rings. The minimum atomic E-state index is -0.343. The van der Waals surface area contributed by atoms with Crippen molar-refractivity contribution in [1.82, 2.24) is 5.32 Å². The molecule has 2 nitrogen and oxygen atoms in total. The van der Waals surface area contributed by atoms with Crippen LogP contribution in [0.3, 0.4) is 0 Å². The fourth-order valence-corrected chi connectivity index (χ4v) is 2.02. The molecule has 1 unspecified atom stereocenters. The third-order valence-corrected chi connectivity index (χ3v) is 3.39. The van der Waals surface area contributed by atoms with Crippen LogP contribution in [0.2, 0.25) is 0 Å². The second-order valence-electron chi connectivity index (χ2n) is 3.91. The van der Waals surface area contributed by atoms with Gasteiger partial charge in [-0.3, -0.25) is 0 Å². The van der Waals surface area contributed by atoms with Crippen LogP contribution in [0.5, 0.6) is 0 Å². The standard InChI is InChI=1S/C10H20N2S/c1-9(2)7-13-6-5-10(3,8-11)12-4/h9,12H,5-7H2,1-4H3. The van der Waals surface area contributed by atoms with Crippen molar-refractivity contribution in [3.05, 3.63) is 0 Å². The third-order valence-electron chi connectivity index (χ3n) is 2.00. The molecule has 0 spiro atoms. The van der Waals surface area contributed by atoms with E-state index in [1.807, 2.05) is 25.7 Å². The van der Waals surface area contributed by atoms with Crippen LogP contribution in [-0.2, 0) is 0 Å². The van der Waals surface area contributed by atoms with E-state index in [1.165, 1.54) is 5.75 Å². The molecule has 1 atom stereocenters. The van der Waals surface area contributed by atoms with E-state index < -0.39 is 0 Å². The van der Waals surface area contributed by atoms with E-state index in [9.17, 15) is 0 Å². The Hall–Kier alpha value is -0.200. The van der Waals surface area contributed by atoms with Crippen LogP contribution >= 0.6 is 11.8 Å². The van der Waals surface area contributed by atoms with Crippen LogP contribution < -0.4 is 5.32 Å². The molecule has 0 saturated heterocycles. The second-order valence-corrected chi connectivity index (χ2v) is 5.06. The van der Waals surface area contributed by atoms with Crippen LogP contribution in [0.15, 0.2) is 0 Å². The van der Waals surface area contributed by atoms with E-state index in [0.29, 0.717) is 0 Å². The first-order valence-corrected chi connectivity index (χ1v) is 5.87. The Morgan fingerprint density at radius 3 is 2.54 bits per heavy atom. The summed E-state index contributed by atoms with van der Waals surface area (Å²) in [6.45, 7) is 6.38. The normalized spacial score (nSPS) is 15.4. The van der Waals surface area contributed by atoms with Crippen molar-refractivity contribution >= 4 is 11.8 Å². The first-order valence-electron chi connectivity index (χ1n) is 4.72. The molecule has 0 rings (SSSR count). The molecule has 0 aromatic carbocycles. The van der Waals surface area contributed by atoms with Crippen molar-refractivity contribution in [3.8, 4) is 6.07 Å². The summed E-state index contributed by atoms with van der Waals surface area (Å²) < 4.78 is 0. The molecule has 0 aliphatic rings. The number of nitrogens with one attached hydrogen (secondary N) is 1. The lowest BCUT2D eigenvalue weighted by Crippen LogP contribution is -2.38. The number of hydrogen-bond acceptors (Lipinski definition) is 3. The van der Waals surface area contributed by atoms with Gasteiger partial charge in [0, 0.05) is 0 Å². The number of rotatable bonds is 6. The van der Waals surface area contributed by atoms with Crippen LogP contribution in [0.25, 0.3) is 0 Å². The molecule has 3 heteroatoms. The van der Waals surface area contributed by atoms with Gasteiger partial charge in [0.15, 0.2) is 0 Å². The second kappa shape index (κ2) is 6.28. The highest BCUT2D eigenvalue weighted by Gasteiger charge is 2.19. The van der Waals surface area contributed by atoms with Crippen molar-refractivity contribution < 1.29 is 0 Å². The molecule has 76 valence electrons. The van der Waals surface area contributed by atoms with Crippen molar-refractivity contribution in [2.45, 2.75) is 32.7 Å². The number of nitriles is 1. The SMILES string of the molecule is CNC(C)(C#N)CCSCC(C)C. The van der Waals surface area contributed by atoms with Gasteiger partial charge in [-0.2, -0.15) is 17.0 Å². The number of thioether (sulfide) groups is 1. The van der Waals surface area contributed by atoms with Gasteiger partial charge < -0.3 is 5.32 Å². The molecule has 0 aromatic heterocycles. The monoisotopic (exact) mass is 200 g/mol. The average Bonchev–Trinajstić information content (AvgIpc) is 2.12. The molecule has 0 aromatic rings. The van der Waals surface area contributed by atoms with Gasteiger partial charge in [0.2, 0.25) is 0 Å². The highest BCUT2D eigenvalue weighted by Crippen LogP contribution is 2.15. The molecule has 0 saturated carbocycles. The van der Waals surface area contributed by atoms with Crippen molar-refractivity contribution in [3.63, 3.8) is 0 Å². The van der Waals surface area contributed by atoms with Gasteiger partial charge in [0.1, 0.15) is 5.54 Å². The summed E-state index contributed by atoms with van der Waals surface area (Å²) >= 11 is 1.93. The quantitative estimate of drug-likeness (QED) is 0.668. The smallest absolute Gasteiger partial charge is 0.104 e. The largest absolute Gasteiger partial charge is 0.303 e. The van der Waals surface area contributed by atoms with Crippen molar-refractivity contribution in [2.75, 3.05) is 18.6 Å². The van der Waals surface area contributed by atoms with Crippen LogP contribution in [0, 0.1) is 17.2 Å². The minimum Gasteiger partial charge on any atom is -0.303 e. The molecule has 0 bridgehead atoms. The van der Waals surface area contributed by atoms with E-state index in [2.05, 4.69) is 25.2 Å². The summed E-state index contributed by atoms with van der Waals surface area (Å²) in [4.78, 5) is 0. The molecule has 13 heavy (non-hydrogen) atoms. The maximum absolute atomic E-state index is 8.87. The van der Waals surface area contributed by atoms with E-state index in [4.69, 9.17) is 5.26 Å². The maximum atomic E-state index is 8.87. The van der Waals surface area contributed by atoms with E-state index >= 15 is 0 Å². The highest BCUT2D eigenvalue weighted by molar-refractivity contribution is 7.99. The van der Waals surface area contributed by atoms with Crippen LogP contribution in [0.4, 0.5) is 0 Å². The van der Waals surface area contributed by atoms with Gasteiger partial charge in [-0.25, -0.2) is 0 Å². The topological polar surface area (TPSA) is 35.8 Å². The molecular formula is C10H20N2S. The highest BCUT2D eigenvalue weighted by atomic mass is 32.2. The number of hydrogen-bond donors (Lipinski definition) is 1. The summed E-state index contributed by atoms with van der Waals surface area (Å²) in [6, 6.07) is 2.29. The Kier molecular flexibility index (Phi) is 6.19. The Labute approximate surface area is 86.1 Å². The summed E-state index contributed by atoms with van der Waals surface area (Å²) in [5.74, 6) is 2.99. The maximum Gasteiger partial charge on any atom is 0.104 e. The molecule has 0 amide bonds. The fourth-order valence-electron chi connectivity index (χ4n) is 0.832. The Morgan fingerprint density at radius 2 is 2.15 bits per heavy atom. The van der Waals surface area contributed by atoms with Gasteiger partial charge in [0.05, 0.1) is 6.07 Å². The molecule has 0 heterocycles. The molecule has 1 N–H and O–H groups in total. The summed E-state index contributed by atoms with van der Waals surface area (Å²) in [7, 11) is 1.84. The zero-order valence-corrected chi connectivity index (χ0v) is 9.87. The first-order chi connectivity index (χ1) is 6.04. The molecule has 0 aliphatic carbocycles. The predicted molar refractivity (Wildman–Crippen MR) is 59.9 cm³/mol. The van der Waals surface area contributed by atoms with Gasteiger partial charge in [0.25, 0.3) is 0 Å². The summed E-state index contributed by atoms with van der Waals surface area (Å²) in [5, 5.41) is 11.9. The molecular weight excluding hydrogens is 180 g/mol. The zero-order valence-electron chi connectivity index (χ0n) is 9.05. The van der Waals surface area contributed by atoms with Gasteiger partial charge in [-0.05, 0) is 37.8 Å². The van der Waals surface area contributed by atoms with E-state index in [0.717, 1.165) is 18.1 Å². The third kappa shape index (κ3) is 5.95. The summed E-state index contributed by atoms with van der Waals surface area (Å²) in [5.41, 5.74) is -0.343. The van der Waals surface area contributed by atoms with Crippen molar-refractivity contribution in [2.24, 2.45) is 5.92 Å². The van der Waals surface area contributed by atoms with E-state index in [-0.39, 0.29) is 5.54 Å². The Bertz CT molecular complexity index is 174.